The molecule has 0 radical (unpaired) electrons. The van der Waals surface area contributed by atoms with Crippen molar-refractivity contribution in [1.82, 2.24) is 5.32 Å². The van der Waals surface area contributed by atoms with Gasteiger partial charge in [0.15, 0.2) is 0 Å². The predicted molar refractivity (Wildman–Crippen MR) is 81.1 cm³/mol. The van der Waals surface area contributed by atoms with Gasteiger partial charge in [-0.05, 0) is 6.42 Å². The predicted octanol–water partition coefficient (Wildman–Crippen LogP) is -0.205. The van der Waals surface area contributed by atoms with Crippen molar-refractivity contribution in [2.75, 3.05) is 12.3 Å². The number of rotatable bonds is 9. The van der Waals surface area contributed by atoms with E-state index in [1.165, 1.54) is 27.7 Å². The van der Waals surface area contributed by atoms with Crippen molar-refractivity contribution in [3.63, 3.8) is 0 Å². The molecule has 0 spiro atoms. The number of aliphatic carboxylic acids is 1. The van der Waals surface area contributed by atoms with Crippen molar-refractivity contribution < 1.29 is 46.2 Å². The summed E-state index contributed by atoms with van der Waals surface area (Å²) in [5, 5.41) is 11.7. The van der Waals surface area contributed by atoms with Crippen LogP contribution in [0, 0.1) is 5.41 Å². The molecule has 0 bridgehead atoms. The van der Waals surface area contributed by atoms with Gasteiger partial charge >= 0.3 is 13.8 Å². The van der Waals surface area contributed by atoms with Gasteiger partial charge in [-0.3, -0.25) is 4.79 Å². The minimum absolute atomic E-state index is 0.00708. The van der Waals surface area contributed by atoms with E-state index in [1.54, 1.807) is 0 Å². The van der Waals surface area contributed by atoms with Gasteiger partial charge in [0.2, 0.25) is 5.91 Å². The summed E-state index contributed by atoms with van der Waals surface area (Å²) in [6.07, 6.45) is -0.0995. The van der Waals surface area contributed by atoms with Crippen LogP contribution in [0.5, 0.6) is 0 Å². The van der Waals surface area contributed by atoms with Crippen molar-refractivity contribution in [2.45, 2.75) is 39.9 Å². The molecular formula is C11H22NO10PS. The molecule has 0 aromatic carbocycles. The Bertz CT molecular complexity index is 619. The van der Waals surface area contributed by atoms with E-state index < -0.39 is 40.9 Å². The molecule has 0 aromatic rings. The second kappa shape index (κ2) is 7.89. The van der Waals surface area contributed by atoms with Crippen LogP contribution < -0.4 is 5.32 Å². The number of phosphoric acid groups is 1. The summed E-state index contributed by atoms with van der Waals surface area (Å²) in [6, 6.07) is 0. The smallest absolute Gasteiger partial charge is 0.472 e. The largest absolute Gasteiger partial charge is 0.477 e. The van der Waals surface area contributed by atoms with Gasteiger partial charge in [0.05, 0.1) is 5.75 Å². The molecule has 0 aliphatic rings. The summed E-state index contributed by atoms with van der Waals surface area (Å²) in [7, 11) is -9.93. The molecule has 4 N–H and O–H groups in total. The molecule has 0 rings (SSSR count). The molecule has 0 fully saturated rings. The van der Waals surface area contributed by atoms with Crippen LogP contribution >= 0.6 is 7.82 Å². The van der Waals surface area contributed by atoms with Gasteiger partial charge in [-0.25, -0.2) is 18.1 Å². The van der Waals surface area contributed by atoms with Crippen LogP contribution in [0.3, 0.4) is 0 Å². The van der Waals surface area contributed by atoms with Gasteiger partial charge in [0.1, 0.15) is 0 Å². The molecular weight excluding hydrogens is 369 g/mol. The number of carboxylic acid groups (broad SMARTS) is 1. The highest BCUT2D eigenvalue weighted by molar-refractivity contribution is 7.86. The molecule has 24 heavy (non-hydrogen) atoms. The van der Waals surface area contributed by atoms with E-state index in [-0.39, 0.29) is 18.9 Å². The van der Waals surface area contributed by atoms with E-state index in [2.05, 4.69) is 14.0 Å². The third-order valence-electron chi connectivity index (χ3n) is 2.71. The van der Waals surface area contributed by atoms with Crippen LogP contribution in [-0.4, -0.2) is 53.3 Å². The quantitative estimate of drug-likeness (QED) is 0.178. The summed E-state index contributed by atoms with van der Waals surface area (Å²) in [4.78, 5) is 40.1. The maximum Gasteiger partial charge on any atom is 0.472 e. The van der Waals surface area contributed by atoms with Gasteiger partial charge < -0.3 is 20.2 Å². The molecule has 11 nitrogen and oxygen atoms in total. The molecule has 0 aliphatic heterocycles. The first kappa shape index (κ1) is 23.0. The van der Waals surface area contributed by atoms with Gasteiger partial charge in [-0.15, -0.1) is 0 Å². The lowest BCUT2D eigenvalue weighted by Crippen LogP contribution is -2.55. The van der Waals surface area contributed by atoms with E-state index in [0.29, 0.717) is 0 Å². The van der Waals surface area contributed by atoms with Gasteiger partial charge in [0, 0.05) is 18.9 Å². The third-order valence-corrected chi connectivity index (χ3v) is 4.48. The Morgan fingerprint density at radius 2 is 1.71 bits per heavy atom. The first-order chi connectivity index (χ1) is 10.5. The van der Waals surface area contributed by atoms with Crippen molar-refractivity contribution in [3.8, 4) is 0 Å². The topological polar surface area (TPSA) is 177 Å². The number of carbonyl (C=O) groups excluding carboxylic acids is 1. The number of carbonyl (C=O) groups is 2. The highest BCUT2D eigenvalue weighted by Crippen LogP contribution is 2.49. The highest BCUT2D eigenvalue weighted by atomic mass is 32.2. The lowest BCUT2D eigenvalue weighted by Gasteiger charge is -2.38. The van der Waals surface area contributed by atoms with Crippen LogP contribution in [0.2, 0.25) is 0 Å². The fourth-order valence-corrected chi connectivity index (χ4v) is 3.64. The van der Waals surface area contributed by atoms with Gasteiger partial charge in [0.25, 0.3) is 15.9 Å². The maximum absolute atomic E-state index is 12.0. The SMILES string of the molecule is CC(=O)NCCCS(=O)(=O)O[C@@](OP(=O)(O)O)(C(=O)O)C(C)(C)C. The standard InChI is InChI=1S/C11H22NO10PS/c1-8(13)12-6-5-7-24(19,20)22-11(9(14)15,10(2,3)4)21-23(16,17)18/h5-7H2,1-4H3,(H,12,13)(H,14,15)(H2,16,17,18)/t11-/m0/s1. The molecule has 0 saturated carbocycles. The summed E-state index contributed by atoms with van der Waals surface area (Å²) < 4.78 is 43.9. The zero-order valence-corrected chi connectivity index (χ0v) is 15.4. The van der Waals surface area contributed by atoms with Gasteiger partial charge in [-0.2, -0.15) is 8.42 Å². The van der Waals surface area contributed by atoms with E-state index in [9.17, 15) is 27.7 Å². The minimum atomic E-state index is -5.40. The van der Waals surface area contributed by atoms with Crippen LogP contribution in [-0.2, 0) is 33.0 Å². The Morgan fingerprint density at radius 3 is 2.04 bits per heavy atom. The van der Waals surface area contributed by atoms with Crippen LogP contribution in [0.4, 0.5) is 0 Å². The van der Waals surface area contributed by atoms with Crippen LogP contribution in [0.1, 0.15) is 34.1 Å². The molecule has 0 unspecified atom stereocenters. The van der Waals surface area contributed by atoms with Crippen molar-refractivity contribution in [1.29, 1.82) is 0 Å². The van der Waals surface area contributed by atoms with E-state index in [0.717, 1.165) is 0 Å². The lowest BCUT2D eigenvalue weighted by atomic mass is 9.86. The van der Waals surface area contributed by atoms with Crippen LogP contribution in [0.15, 0.2) is 0 Å². The second-order valence-electron chi connectivity index (χ2n) is 5.94. The maximum atomic E-state index is 12.0. The molecule has 1 atom stereocenters. The first-order valence-electron chi connectivity index (χ1n) is 6.70. The van der Waals surface area contributed by atoms with E-state index in [4.69, 9.17) is 9.79 Å². The normalized spacial score (nSPS) is 15.6. The number of amides is 1. The molecule has 0 aromatic heterocycles. The summed E-state index contributed by atoms with van der Waals surface area (Å²) in [5.74, 6) is -6.21. The Labute approximate surface area is 139 Å². The second-order valence-corrected chi connectivity index (χ2v) is 8.79. The Kier molecular flexibility index (Phi) is 7.55. The molecule has 0 heterocycles. The fraction of sp³-hybridized carbons (Fsp3) is 0.818. The zero-order valence-electron chi connectivity index (χ0n) is 13.7. The van der Waals surface area contributed by atoms with Crippen molar-refractivity contribution in [3.05, 3.63) is 0 Å². The summed E-state index contributed by atoms with van der Waals surface area (Å²) in [6.45, 7) is 4.78. The average Bonchev–Trinajstić information content (AvgIpc) is 2.29. The highest BCUT2D eigenvalue weighted by Gasteiger charge is 2.58. The van der Waals surface area contributed by atoms with Gasteiger partial charge in [-0.1, -0.05) is 20.8 Å². The first-order valence-corrected chi connectivity index (χ1v) is 9.81. The number of phosphoric ester groups is 1. The summed E-state index contributed by atoms with van der Waals surface area (Å²) in [5.41, 5.74) is -1.65. The Balaban J connectivity index is 5.49. The van der Waals surface area contributed by atoms with Crippen molar-refractivity contribution in [2.24, 2.45) is 5.41 Å². The molecule has 0 saturated heterocycles. The molecule has 142 valence electrons. The Hall–Kier alpha value is -1.04. The number of nitrogens with one attached hydrogen (secondary N) is 1. The number of hydrogen-bond donors (Lipinski definition) is 4. The monoisotopic (exact) mass is 391 g/mol. The number of hydrogen-bond acceptors (Lipinski definition) is 7. The molecule has 1 amide bonds. The lowest BCUT2D eigenvalue weighted by molar-refractivity contribution is -0.217. The molecule has 13 heteroatoms. The van der Waals surface area contributed by atoms with E-state index in [1.807, 2.05) is 0 Å². The third kappa shape index (κ3) is 7.24. The zero-order chi connectivity index (χ0) is 19.4. The van der Waals surface area contributed by atoms with E-state index >= 15 is 0 Å². The van der Waals surface area contributed by atoms with Crippen LogP contribution in [0.25, 0.3) is 0 Å². The molecule has 0 aliphatic carbocycles. The average molecular weight is 391 g/mol. The van der Waals surface area contributed by atoms with Crippen molar-refractivity contribution >= 4 is 29.8 Å². The summed E-state index contributed by atoms with van der Waals surface area (Å²) >= 11 is 0. The minimum Gasteiger partial charge on any atom is -0.477 e. The Morgan fingerprint density at radius 1 is 1.21 bits per heavy atom. The number of carboxylic acids is 1. The fourth-order valence-electron chi connectivity index (χ4n) is 1.57.